The quantitative estimate of drug-likeness (QED) is 0.664. The molecule has 0 unspecified atom stereocenters. The summed E-state index contributed by atoms with van der Waals surface area (Å²) in [6.45, 7) is 0.733. The average molecular weight is 286 g/mol. The van der Waals surface area contributed by atoms with Crippen LogP contribution in [0.1, 0.15) is 17.5 Å². The summed E-state index contributed by atoms with van der Waals surface area (Å²) >= 11 is 1.70. The van der Waals surface area contributed by atoms with E-state index in [0.717, 1.165) is 47.8 Å². The first-order chi connectivity index (χ1) is 9.83. The second-order valence-corrected chi connectivity index (χ2v) is 6.10. The third-order valence-corrected chi connectivity index (χ3v) is 4.61. The van der Waals surface area contributed by atoms with Gasteiger partial charge in [-0.05, 0) is 36.3 Å². The van der Waals surface area contributed by atoms with Crippen molar-refractivity contribution in [3.05, 3.63) is 53.6 Å². The number of ether oxygens (including phenoxy) is 1. The summed E-state index contributed by atoms with van der Waals surface area (Å²) in [5.41, 5.74) is 2.49. The van der Waals surface area contributed by atoms with Crippen molar-refractivity contribution in [3.8, 4) is 11.5 Å². The summed E-state index contributed by atoms with van der Waals surface area (Å²) < 4.78 is 5.55. The van der Waals surface area contributed by atoms with Crippen LogP contribution < -0.4 is 4.74 Å². The van der Waals surface area contributed by atoms with Crippen LogP contribution in [0.5, 0.6) is 11.5 Å². The summed E-state index contributed by atoms with van der Waals surface area (Å²) in [6.07, 6.45) is 3.09. The van der Waals surface area contributed by atoms with Crippen molar-refractivity contribution >= 4 is 11.8 Å². The molecular weight excluding hydrogens is 268 g/mol. The van der Waals surface area contributed by atoms with Gasteiger partial charge in [-0.1, -0.05) is 30.3 Å². The number of benzene rings is 2. The van der Waals surface area contributed by atoms with E-state index in [0.29, 0.717) is 5.75 Å². The number of phenols is 1. The number of fused-ring (bicyclic) bond motifs is 1. The largest absolute Gasteiger partial charge is 0.507 e. The van der Waals surface area contributed by atoms with Crippen LogP contribution in [-0.2, 0) is 12.8 Å². The Hall–Kier alpha value is -1.61. The maximum absolute atomic E-state index is 10.0. The van der Waals surface area contributed by atoms with Gasteiger partial charge in [-0.3, -0.25) is 0 Å². The van der Waals surface area contributed by atoms with Gasteiger partial charge >= 0.3 is 0 Å². The third kappa shape index (κ3) is 3.10. The van der Waals surface area contributed by atoms with Gasteiger partial charge in [0.15, 0.2) is 0 Å². The fraction of sp³-hybridized carbons (Fsp3) is 0.294. The Kier molecular flexibility index (Phi) is 4.16. The molecule has 0 atom stereocenters. The van der Waals surface area contributed by atoms with E-state index >= 15 is 0 Å². The molecule has 104 valence electrons. The van der Waals surface area contributed by atoms with E-state index in [2.05, 4.69) is 24.3 Å². The summed E-state index contributed by atoms with van der Waals surface area (Å²) in [4.78, 5) is 0.929. The fourth-order valence-electron chi connectivity index (χ4n) is 2.41. The van der Waals surface area contributed by atoms with Crippen molar-refractivity contribution in [2.45, 2.75) is 24.2 Å². The number of phenolic OH excluding ortho intramolecular Hbond substituents is 1. The minimum atomic E-state index is 0.388. The highest BCUT2D eigenvalue weighted by molar-refractivity contribution is 7.99. The van der Waals surface area contributed by atoms with E-state index in [1.165, 1.54) is 5.56 Å². The van der Waals surface area contributed by atoms with Crippen LogP contribution in [0.3, 0.4) is 0 Å². The molecule has 2 nitrogen and oxygen atoms in total. The van der Waals surface area contributed by atoms with Crippen LogP contribution in [0.25, 0.3) is 0 Å². The molecule has 0 aliphatic carbocycles. The highest BCUT2D eigenvalue weighted by Crippen LogP contribution is 2.37. The lowest BCUT2D eigenvalue weighted by Gasteiger charge is -2.07. The van der Waals surface area contributed by atoms with Gasteiger partial charge in [0.25, 0.3) is 0 Å². The molecule has 1 N–H and O–H groups in total. The van der Waals surface area contributed by atoms with E-state index in [1.54, 1.807) is 11.8 Å². The molecule has 0 saturated carbocycles. The average Bonchev–Trinajstić information content (AvgIpc) is 2.91. The Morgan fingerprint density at radius 3 is 2.85 bits per heavy atom. The molecule has 1 aliphatic rings. The van der Waals surface area contributed by atoms with Crippen LogP contribution in [0.4, 0.5) is 0 Å². The van der Waals surface area contributed by atoms with Crippen LogP contribution in [0.2, 0.25) is 0 Å². The maximum Gasteiger partial charge on any atom is 0.129 e. The number of hydrogen-bond donors (Lipinski definition) is 1. The zero-order valence-corrected chi connectivity index (χ0v) is 12.2. The molecule has 0 bridgehead atoms. The Labute approximate surface area is 123 Å². The molecule has 0 saturated heterocycles. The molecule has 2 aromatic rings. The minimum absolute atomic E-state index is 0.388. The predicted molar refractivity (Wildman–Crippen MR) is 82.8 cm³/mol. The summed E-state index contributed by atoms with van der Waals surface area (Å²) in [5, 5.41) is 10.0. The fourth-order valence-corrected chi connectivity index (χ4v) is 3.32. The van der Waals surface area contributed by atoms with Gasteiger partial charge in [-0.15, -0.1) is 11.8 Å². The molecule has 1 aliphatic heterocycles. The molecule has 0 spiro atoms. The van der Waals surface area contributed by atoms with Gasteiger partial charge < -0.3 is 9.84 Å². The van der Waals surface area contributed by atoms with Crippen molar-refractivity contribution in [3.63, 3.8) is 0 Å². The van der Waals surface area contributed by atoms with Crippen LogP contribution >= 0.6 is 11.8 Å². The van der Waals surface area contributed by atoms with Gasteiger partial charge in [0.05, 0.1) is 11.5 Å². The highest BCUT2D eigenvalue weighted by atomic mass is 32.2. The maximum atomic E-state index is 10.0. The lowest BCUT2D eigenvalue weighted by Crippen LogP contribution is -1.88. The molecule has 3 heteroatoms. The monoisotopic (exact) mass is 286 g/mol. The molecule has 0 aromatic heterocycles. The Morgan fingerprint density at radius 1 is 1.15 bits per heavy atom. The standard InChI is InChI=1S/C17H18O2S/c18-15-11-14-8-9-19-16(14)12-17(15)20-10-4-7-13-5-2-1-3-6-13/h1-3,5-6,11-12,18H,4,7-10H2. The summed E-state index contributed by atoms with van der Waals surface area (Å²) in [7, 11) is 0. The first-order valence-corrected chi connectivity index (χ1v) is 7.97. The highest BCUT2D eigenvalue weighted by Gasteiger charge is 2.15. The van der Waals surface area contributed by atoms with Crippen molar-refractivity contribution in [1.82, 2.24) is 0 Å². The molecule has 1 heterocycles. The van der Waals surface area contributed by atoms with E-state index < -0.39 is 0 Å². The number of aryl methyl sites for hydroxylation is 1. The van der Waals surface area contributed by atoms with Crippen molar-refractivity contribution in [2.24, 2.45) is 0 Å². The summed E-state index contributed by atoms with van der Waals surface area (Å²) in [5.74, 6) is 2.33. The number of thioether (sulfide) groups is 1. The van der Waals surface area contributed by atoms with E-state index in [9.17, 15) is 5.11 Å². The molecule has 0 amide bonds. The molecule has 20 heavy (non-hydrogen) atoms. The predicted octanol–water partition coefficient (Wildman–Crippen LogP) is 4.05. The van der Waals surface area contributed by atoms with Crippen molar-refractivity contribution < 1.29 is 9.84 Å². The molecule has 3 rings (SSSR count). The molecule has 0 fully saturated rings. The zero-order chi connectivity index (χ0) is 13.8. The second-order valence-electron chi connectivity index (χ2n) is 4.96. The van der Waals surface area contributed by atoms with E-state index in [-0.39, 0.29) is 0 Å². The minimum Gasteiger partial charge on any atom is -0.507 e. The van der Waals surface area contributed by atoms with Crippen molar-refractivity contribution in [2.75, 3.05) is 12.4 Å². The van der Waals surface area contributed by atoms with Gasteiger partial charge in [0.2, 0.25) is 0 Å². The Morgan fingerprint density at radius 2 is 2.00 bits per heavy atom. The number of aromatic hydroxyl groups is 1. The van der Waals surface area contributed by atoms with Crippen LogP contribution in [0.15, 0.2) is 47.4 Å². The smallest absolute Gasteiger partial charge is 0.129 e. The van der Waals surface area contributed by atoms with Gasteiger partial charge in [-0.2, -0.15) is 0 Å². The van der Waals surface area contributed by atoms with Gasteiger partial charge in [0.1, 0.15) is 11.5 Å². The molecule has 0 radical (unpaired) electrons. The zero-order valence-electron chi connectivity index (χ0n) is 11.3. The first kappa shape index (κ1) is 13.4. The van der Waals surface area contributed by atoms with Crippen LogP contribution in [-0.4, -0.2) is 17.5 Å². The van der Waals surface area contributed by atoms with Gasteiger partial charge in [0, 0.05) is 12.0 Å². The lowest BCUT2D eigenvalue weighted by molar-refractivity contribution is 0.355. The Bertz CT molecular complexity index is 581. The third-order valence-electron chi connectivity index (χ3n) is 3.48. The topological polar surface area (TPSA) is 29.5 Å². The van der Waals surface area contributed by atoms with Gasteiger partial charge in [-0.25, -0.2) is 0 Å². The number of hydrogen-bond acceptors (Lipinski definition) is 3. The summed E-state index contributed by atoms with van der Waals surface area (Å²) in [6, 6.07) is 14.3. The second kappa shape index (κ2) is 6.23. The molecule has 2 aromatic carbocycles. The van der Waals surface area contributed by atoms with Crippen molar-refractivity contribution in [1.29, 1.82) is 0 Å². The normalized spacial score (nSPS) is 13.0. The first-order valence-electron chi connectivity index (χ1n) is 6.98. The lowest BCUT2D eigenvalue weighted by atomic mass is 10.1. The SMILES string of the molecule is Oc1cc2c(cc1SCCCc1ccccc1)OCC2. The van der Waals surface area contributed by atoms with E-state index in [4.69, 9.17) is 4.74 Å². The number of rotatable bonds is 5. The Balaban J connectivity index is 1.54. The molecular formula is C17H18O2S. The van der Waals surface area contributed by atoms with E-state index in [1.807, 2.05) is 18.2 Å². The van der Waals surface area contributed by atoms with Crippen LogP contribution in [0, 0.1) is 0 Å².